The highest BCUT2D eigenvalue weighted by atomic mass is 15.1. The maximum absolute atomic E-state index is 5.99. The van der Waals surface area contributed by atoms with Crippen LogP contribution in [-0.2, 0) is 6.54 Å². The Morgan fingerprint density at radius 2 is 2.05 bits per heavy atom. The Labute approximate surface area is 121 Å². The number of guanidine groups is 1. The van der Waals surface area contributed by atoms with E-state index in [0.717, 1.165) is 34.9 Å². The van der Waals surface area contributed by atoms with Crippen LogP contribution < -0.4 is 17.2 Å². The van der Waals surface area contributed by atoms with Gasteiger partial charge in [-0.3, -0.25) is 4.99 Å². The minimum Gasteiger partial charge on any atom is -0.382 e. The van der Waals surface area contributed by atoms with Crippen LogP contribution in [0.15, 0.2) is 35.6 Å². The van der Waals surface area contributed by atoms with Crippen molar-refractivity contribution in [2.75, 3.05) is 12.3 Å². The predicted molar refractivity (Wildman–Crippen MR) is 84.7 cm³/mol. The minimum absolute atomic E-state index is 0.115. The highest BCUT2D eigenvalue weighted by molar-refractivity contribution is 6.06. The molecule has 0 amide bonds. The van der Waals surface area contributed by atoms with E-state index in [2.05, 4.69) is 19.5 Å². The Bertz CT molecular complexity index is 815. The second-order valence-corrected chi connectivity index (χ2v) is 4.81. The SMILES string of the molecule is NC(N)=NCCCn1cnc2c(N)nc3ccccc3c21. The maximum Gasteiger partial charge on any atom is 0.185 e. The first-order chi connectivity index (χ1) is 10.2. The number of aromatic nitrogens is 3. The van der Waals surface area contributed by atoms with E-state index in [0.29, 0.717) is 12.4 Å². The third kappa shape index (κ3) is 2.45. The van der Waals surface area contributed by atoms with E-state index in [9.17, 15) is 0 Å². The molecule has 6 N–H and O–H groups in total. The molecule has 0 spiro atoms. The van der Waals surface area contributed by atoms with Gasteiger partial charge >= 0.3 is 0 Å². The van der Waals surface area contributed by atoms with Crippen molar-refractivity contribution in [2.45, 2.75) is 13.0 Å². The summed E-state index contributed by atoms with van der Waals surface area (Å²) in [5, 5.41) is 1.04. The van der Waals surface area contributed by atoms with Crippen LogP contribution in [0.25, 0.3) is 21.9 Å². The van der Waals surface area contributed by atoms with Crippen molar-refractivity contribution in [1.82, 2.24) is 14.5 Å². The molecule has 0 unspecified atom stereocenters. The molecular formula is C14H17N7. The van der Waals surface area contributed by atoms with Crippen LogP contribution in [0, 0.1) is 0 Å². The molecular weight excluding hydrogens is 266 g/mol. The van der Waals surface area contributed by atoms with Gasteiger partial charge in [-0.05, 0) is 12.5 Å². The van der Waals surface area contributed by atoms with Crippen molar-refractivity contribution in [3.05, 3.63) is 30.6 Å². The summed E-state index contributed by atoms with van der Waals surface area (Å²) in [6, 6.07) is 7.90. The summed E-state index contributed by atoms with van der Waals surface area (Å²) in [5.41, 5.74) is 19.2. The molecule has 0 fully saturated rings. The van der Waals surface area contributed by atoms with Gasteiger partial charge in [0.15, 0.2) is 11.8 Å². The number of nitrogens with two attached hydrogens (primary N) is 3. The van der Waals surface area contributed by atoms with E-state index < -0.39 is 0 Å². The van der Waals surface area contributed by atoms with Crippen molar-refractivity contribution >= 4 is 33.7 Å². The number of fused-ring (bicyclic) bond motifs is 3. The number of benzene rings is 1. The highest BCUT2D eigenvalue weighted by Crippen LogP contribution is 2.26. The average molecular weight is 283 g/mol. The van der Waals surface area contributed by atoms with Crippen LogP contribution in [0.3, 0.4) is 0 Å². The van der Waals surface area contributed by atoms with Gasteiger partial charge in [-0.15, -0.1) is 0 Å². The molecule has 21 heavy (non-hydrogen) atoms. The summed E-state index contributed by atoms with van der Waals surface area (Å²) in [6.45, 7) is 1.35. The van der Waals surface area contributed by atoms with Crippen LogP contribution in [0.1, 0.15) is 6.42 Å². The molecule has 0 saturated carbocycles. The van der Waals surface area contributed by atoms with Gasteiger partial charge in [0.25, 0.3) is 0 Å². The first kappa shape index (κ1) is 13.2. The van der Waals surface area contributed by atoms with E-state index in [-0.39, 0.29) is 5.96 Å². The van der Waals surface area contributed by atoms with Crippen molar-refractivity contribution in [2.24, 2.45) is 16.5 Å². The molecule has 7 nitrogen and oxygen atoms in total. The number of nitrogen functional groups attached to an aromatic ring is 1. The Kier molecular flexibility index (Phi) is 3.31. The Hall–Kier alpha value is -2.83. The number of pyridine rings is 1. The lowest BCUT2D eigenvalue weighted by molar-refractivity contribution is 0.667. The number of anilines is 1. The molecule has 3 aromatic rings. The Morgan fingerprint density at radius 1 is 1.24 bits per heavy atom. The monoisotopic (exact) mass is 283 g/mol. The number of nitrogens with zero attached hydrogens (tertiary/aromatic N) is 4. The molecule has 7 heteroatoms. The number of aryl methyl sites for hydroxylation is 1. The number of hydrogen-bond acceptors (Lipinski definition) is 4. The molecule has 0 aliphatic heterocycles. The third-order valence-electron chi connectivity index (χ3n) is 3.33. The summed E-state index contributed by atoms with van der Waals surface area (Å²) >= 11 is 0. The zero-order valence-corrected chi connectivity index (χ0v) is 11.5. The molecule has 3 rings (SSSR count). The standard InChI is InChI=1S/C14H17N7/c15-13-11-12(9-4-1-2-5-10(9)20-13)21(8-19-11)7-3-6-18-14(16)17/h1-2,4-5,8H,3,6-7H2,(H2,15,20)(H4,16,17,18). The Morgan fingerprint density at radius 3 is 2.86 bits per heavy atom. The molecule has 0 bridgehead atoms. The van der Waals surface area contributed by atoms with E-state index in [1.165, 1.54) is 0 Å². The number of imidazole rings is 1. The van der Waals surface area contributed by atoms with Gasteiger partial charge in [-0.2, -0.15) is 0 Å². The van der Waals surface area contributed by atoms with Crippen molar-refractivity contribution in [1.29, 1.82) is 0 Å². The van der Waals surface area contributed by atoms with E-state index in [1.807, 2.05) is 24.3 Å². The molecule has 0 radical (unpaired) electrons. The van der Waals surface area contributed by atoms with Gasteiger partial charge in [0.05, 0.1) is 17.4 Å². The molecule has 1 aromatic carbocycles. The predicted octanol–water partition coefficient (Wildman–Crippen LogP) is 0.830. The zero-order chi connectivity index (χ0) is 14.8. The largest absolute Gasteiger partial charge is 0.382 e. The number of aliphatic imine (C=N–C) groups is 1. The maximum atomic E-state index is 5.99. The summed E-state index contributed by atoms with van der Waals surface area (Å²) in [6.07, 6.45) is 2.60. The fourth-order valence-electron chi connectivity index (χ4n) is 2.42. The molecule has 0 aliphatic rings. The molecule has 0 saturated heterocycles. The normalized spacial score (nSPS) is 11.0. The van der Waals surface area contributed by atoms with E-state index in [1.54, 1.807) is 6.33 Å². The molecule has 0 atom stereocenters. The third-order valence-corrected chi connectivity index (χ3v) is 3.33. The lowest BCUT2D eigenvalue weighted by Gasteiger charge is -2.07. The summed E-state index contributed by atoms with van der Waals surface area (Å²) in [4.78, 5) is 12.7. The van der Waals surface area contributed by atoms with Gasteiger partial charge in [-0.1, -0.05) is 18.2 Å². The number of para-hydroxylation sites is 1. The number of hydrogen-bond donors (Lipinski definition) is 3. The summed E-state index contributed by atoms with van der Waals surface area (Å²) in [7, 11) is 0. The Balaban J connectivity index is 2.01. The first-order valence-corrected chi connectivity index (χ1v) is 6.71. The van der Waals surface area contributed by atoms with Crippen LogP contribution in [0.4, 0.5) is 5.82 Å². The van der Waals surface area contributed by atoms with Gasteiger partial charge in [0.2, 0.25) is 0 Å². The van der Waals surface area contributed by atoms with Crippen LogP contribution in [0.2, 0.25) is 0 Å². The van der Waals surface area contributed by atoms with Crippen molar-refractivity contribution < 1.29 is 0 Å². The van der Waals surface area contributed by atoms with Crippen LogP contribution in [0.5, 0.6) is 0 Å². The average Bonchev–Trinajstić information content (AvgIpc) is 2.88. The smallest absolute Gasteiger partial charge is 0.185 e. The molecule has 0 aliphatic carbocycles. The van der Waals surface area contributed by atoms with E-state index in [4.69, 9.17) is 17.2 Å². The van der Waals surface area contributed by atoms with Crippen molar-refractivity contribution in [3.8, 4) is 0 Å². The van der Waals surface area contributed by atoms with Gasteiger partial charge in [-0.25, -0.2) is 9.97 Å². The molecule has 108 valence electrons. The van der Waals surface area contributed by atoms with Crippen molar-refractivity contribution in [3.63, 3.8) is 0 Å². The quantitative estimate of drug-likeness (QED) is 0.372. The second kappa shape index (κ2) is 5.28. The summed E-state index contributed by atoms with van der Waals surface area (Å²) in [5.74, 6) is 0.566. The molecule has 2 aromatic heterocycles. The van der Waals surface area contributed by atoms with Crippen LogP contribution >= 0.6 is 0 Å². The lowest BCUT2D eigenvalue weighted by atomic mass is 10.2. The summed E-state index contributed by atoms with van der Waals surface area (Å²) < 4.78 is 2.07. The van der Waals surface area contributed by atoms with Gasteiger partial charge < -0.3 is 21.8 Å². The highest BCUT2D eigenvalue weighted by Gasteiger charge is 2.11. The van der Waals surface area contributed by atoms with Gasteiger partial charge in [0, 0.05) is 18.5 Å². The fourth-order valence-corrected chi connectivity index (χ4v) is 2.42. The second-order valence-electron chi connectivity index (χ2n) is 4.81. The first-order valence-electron chi connectivity index (χ1n) is 6.71. The molecule has 2 heterocycles. The van der Waals surface area contributed by atoms with Gasteiger partial charge in [0.1, 0.15) is 5.52 Å². The van der Waals surface area contributed by atoms with Crippen LogP contribution in [-0.4, -0.2) is 27.0 Å². The van der Waals surface area contributed by atoms with E-state index >= 15 is 0 Å². The minimum atomic E-state index is 0.115. The fraction of sp³-hybridized carbons (Fsp3) is 0.214. The lowest BCUT2D eigenvalue weighted by Crippen LogP contribution is -2.23. The number of rotatable bonds is 4. The zero-order valence-electron chi connectivity index (χ0n) is 11.5. The topological polar surface area (TPSA) is 121 Å².